The van der Waals surface area contributed by atoms with Crippen LogP contribution in [0.1, 0.15) is 37.0 Å². The van der Waals surface area contributed by atoms with E-state index in [1.54, 1.807) is 12.4 Å². The second-order valence-electron chi connectivity index (χ2n) is 5.95. The van der Waals surface area contributed by atoms with Crippen molar-refractivity contribution in [1.82, 2.24) is 9.88 Å². The van der Waals surface area contributed by atoms with Crippen molar-refractivity contribution in [2.45, 2.75) is 26.7 Å². The highest BCUT2D eigenvalue weighted by atomic mass is 16.7. The summed E-state index contributed by atoms with van der Waals surface area (Å²) in [5.74, 6) is 1.47. The number of ether oxygens (including phenoxy) is 2. The van der Waals surface area contributed by atoms with Gasteiger partial charge in [0.05, 0.1) is 17.4 Å². The lowest BCUT2D eigenvalue weighted by Crippen LogP contribution is -2.32. The van der Waals surface area contributed by atoms with Crippen LogP contribution in [-0.4, -0.2) is 35.7 Å². The molecule has 2 heterocycles. The fourth-order valence-corrected chi connectivity index (χ4v) is 2.80. The third kappa shape index (κ3) is 4.02. The molecule has 2 aromatic rings. The number of fused-ring (bicyclic) bond motifs is 1. The Bertz CT molecular complexity index is 742. The van der Waals surface area contributed by atoms with Crippen LogP contribution in [0.4, 0.5) is 11.4 Å². The van der Waals surface area contributed by atoms with Gasteiger partial charge in [0.15, 0.2) is 11.5 Å². The van der Waals surface area contributed by atoms with E-state index in [1.165, 1.54) is 0 Å². The van der Waals surface area contributed by atoms with Crippen molar-refractivity contribution in [1.29, 1.82) is 0 Å². The molecule has 6 nitrogen and oxygen atoms in total. The number of aromatic nitrogens is 1. The molecule has 1 amide bonds. The number of pyridine rings is 1. The smallest absolute Gasteiger partial charge is 0.255 e. The highest BCUT2D eigenvalue weighted by Gasteiger charge is 2.16. The van der Waals surface area contributed by atoms with Gasteiger partial charge in [0.2, 0.25) is 6.79 Å². The fraction of sp³-hybridized carbons (Fsp3) is 0.368. The Kier molecular flexibility index (Phi) is 5.38. The molecule has 1 aliphatic rings. The van der Waals surface area contributed by atoms with Crippen LogP contribution in [0.2, 0.25) is 0 Å². The molecule has 3 rings (SSSR count). The van der Waals surface area contributed by atoms with Crippen LogP contribution in [0, 0.1) is 0 Å². The minimum Gasteiger partial charge on any atom is -0.454 e. The van der Waals surface area contributed by atoms with Crippen LogP contribution >= 0.6 is 0 Å². The van der Waals surface area contributed by atoms with Gasteiger partial charge in [-0.05, 0) is 31.0 Å². The zero-order valence-corrected chi connectivity index (χ0v) is 14.6. The van der Waals surface area contributed by atoms with Crippen LogP contribution in [0.5, 0.6) is 11.5 Å². The van der Waals surface area contributed by atoms with Crippen molar-refractivity contribution in [3.05, 3.63) is 42.2 Å². The first kappa shape index (κ1) is 17.1. The molecule has 1 aromatic heterocycles. The van der Waals surface area contributed by atoms with Crippen molar-refractivity contribution in [3.8, 4) is 11.5 Å². The normalized spacial score (nSPS) is 12.1. The van der Waals surface area contributed by atoms with E-state index in [4.69, 9.17) is 9.47 Å². The largest absolute Gasteiger partial charge is 0.454 e. The Morgan fingerprint density at radius 3 is 2.60 bits per heavy atom. The van der Waals surface area contributed by atoms with Crippen molar-refractivity contribution in [2.24, 2.45) is 0 Å². The second-order valence-corrected chi connectivity index (χ2v) is 5.95. The van der Waals surface area contributed by atoms with Gasteiger partial charge in [0.1, 0.15) is 0 Å². The lowest BCUT2D eigenvalue weighted by atomic mass is 10.2. The molecule has 1 aliphatic heterocycles. The van der Waals surface area contributed by atoms with Crippen LogP contribution in [0.3, 0.4) is 0 Å². The van der Waals surface area contributed by atoms with Crippen LogP contribution < -0.4 is 14.8 Å². The zero-order valence-electron chi connectivity index (χ0n) is 14.6. The van der Waals surface area contributed by atoms with Crippen molar-refractivity contribution in [3.63, 3.8) is 0 Å². The summed E-state index contributed by atoms with van der Waals surface area (Å²) in [5, 5.41) is 3.26. The second kappa shape index (κ2) is 7.88. The van der Waals surface area contributed by atoms with Gasteiger partial charge in [-0.15, -0.1) is 0 Å². The van der Waals surface area contributed by atoms with E-state index < -0.39 is 0 Å². The molecule has 1 aromatic carbocycles. The van der Waals surface area contributed by atoms with Gasteiger partial charge in [0, 0.05) is 31.0 Å². The van der Waals surface area contributed by atoms with Crippen LogP contribution in [0.25, 0.3) is 0 Å². The predicted octanol–water partition coefficient (Wildman–Crippen LogP) is 3.82. The number of benzene rings is 1. The number of nitrogens with zero attached hydrogens (tertiary/aromatic N) is 2. The summed E-state index contributed by atoms with van der Waals surface area (Å²) in [5.41, 5.74) is 2.21. The number of carbonyl (C=O) groups excluding carboxylic acids is 1. The molecule has 0 spiro atoms. The first-order chi connectivity index (χ1) is 12.2. The molecule has 0 aliphatic carbocycles. The third-order valence-electron chi connectivity index (χ3n) is 3.92. The van der Waals surface area contributed by atoms with E-state index in [0.717, 1.165) is 43.1 Å². The standard InChI is InChI=1S/C19H23N3O3/c1-3-7-22(8-4-2)19(23)14-9-16(12-20-11-14)21-15-5-6-17-18(10-15)25-13-24-17/h5-6,9-12,21H,3-4,7-8,13H2,1-2H3. The summed E-state index contributed by atoms with van der Waals surface area (Å²) in [6.45, 7) is 5.91. The van der Waals surface area contributed by atoms with Crippen molar-refractivity contribution >= 4 is 17.3 Å². The average Bonchev–Trinajstić information content (AvgIpc) is 3.09. The molecule has 0 fully saturated rings. The number of nitrogens with one attached hydrogen (secondary N) is 1. The molecule has 0 atom stereocenters. The Morgan fingerprint density at radius 2 is 1.84 bits per heavy atom. The van der Waals surface area contributed by atoms with Gasteiger partial charge in [-0.2, -0.15) is 0 Å². The van der Waals surface area contributed by atoms with Gasteiger partial charge in [-0.1, -0.05) is 13.8 Å². The Morgan fingerprint density at radius 1 is 1.08 bits per heavy atom. The maximum absolute atomic E-state index is 12.7. The Balaban J connectivity index is 1.75. The molecular formula is C19H23N3O3. The quantitative estimate of drug-likeness (QED) is 0.829. The SMILES string of the molecule is CCCN(CCC)C(=O)c1cncc(Nc2ccc3c(c2)OCO3)c1. The highest BCUT2D eigenvalue weighted by Crippen LogP contribution is 2.35. The van der Waals surface area contributed by atoms with E-state index in [2.05, 4.69) is 24.1 Å². The summed E-state index contributed by atoms with van der Waals surface area (Å²) in [6, 6.07) is 7.47. The highest BCUT2D eigenvalue weighted by molar-refractivity contribution is 5.95. The van der Waals surface area contributed by atoms with Crippen molar-refractivity contribution in [2.75, 3.05) is 25.2 Å². The summed E-state index contributed by atoms with van der Waals surface area (Å²) in [4.78, 5) is 18.8. The molecule has 1 N–H and O–H groups in total. The van der Waals surface area contributed by atoms with Crippen molar-refractivity contribution < 1.29 is 14.3 Å². The first-order valence-corrected chi connectivity index (χ1v) is 8.62. The zero-order chi connectivity index (χ0) is 17.6. The first-order valence-electron chi connectivity index (χ1n) is 8.62. The lowest BCUT2D eigenvalue weighted by molar-refractivity contribution is 0.0755. The molecule has 0 unspecified atom stereocenters. The number of carbonyl (C=O) groups is 1. The van der Waals surface area contributed by atoms with Gasteiger partial charge >= 0.3 is 0 Å². The summed E-state index contributed by atoms with van der Waals surface area (Å²) in [7, 11) is 0. The maximum atomic E-state index is 12.7. The van der Waals surface area contributed by atoms with Crippen LogP contribution in [0.15, 0.2) is 36.7 Å². The number of amides is 1. The van der Waals surface area contributed by atoms with Gasteiger partial charge in [0.25, 0.3) is 5.91 Å². The van der Waals surface area contributed by atoms with Crippen LogP contribution in [-0.2, 0) is 0 Å². The predicted molar refractivity (Wildman–Crippen MR) is 96.6 cm³/mol. The van der Waals surface area contributed by atoms with Gasteiger partial charge in [-0.25, -0.2) is 0 Å². The summed E-state index contributed by atoms with van der Waals surface area (Å²) < 4.78 is 10.7. The number of hydrogen-bond donors (Lipinski definition) is 1. The van der Waals surface area contributed by atoms with Gasteiger partial charge in [-0.3, -0.25) is 9.78 Å². The maximum Gasteiger partial charge on any atom is 0.255 e. The minimum absolute atomic E-state index is 0.0190. The van der Waals surface area contributed by atoms with E-state index in [1.807, 2.05) is 29.2 Å². The molecular weight excluding hydrogens is 318 g/mol. The number of anilines is 2. The molecule has 0 saturated carbocycles. The molecule has 132 valence electrons. The third-order valence-corrected chi connectivity index (χ3v) is 3.92. The Labute approximate surface area is 147 Å². The topological polar surface area (TPSA) is 63.7 Å². The van der Waals surface area contributed by atoms with E-state index >= 15 is 0 Å². The number of hydrogen-bond acceptors (Lipinski definition) is 5. The fourth-order valence-electron chi connectivity index (χ4n) is 2.80. The molecule has 6 heteroatoms. The molecule has 25 heavy (non-hydrogen) atoms. The molecule has 0 saturated heterocycles. The van der Waals surface area contributed by atoms with E-state index in [0.29, 0.717) is 11.3 Å². The summed E-state index contributed by atoms with van der Waals surface area (Å²) in [6.07, 6.45) is 5.19. The summed E-state index contributed by atoms with van der Waals surface area (Å²) >= 11 is 0. The Hall–Kier alpha value is -2.76. The van der Waals surface area contributed by atoms with E-state index in [-0.39, 0.29) is 12.7 Å². The lowest BCUT2D eigenvalue weighted by Gasteiger charge is -2.21. The monoisotopic (exact) mass is 341 g/mol. The molecule has 0 radical (unpaired) electrons. The molecule has 0 bridgehead atoms. The minimum atomic E-state index is 0.0190. The van der Waals surface area contributed by atoms with E-state index in [9.17, 15) is 4.79 Å². The average molecular weight is 341 g/mol. The number of rotatable bonds is 7. The van der Waals surface area contributed by atoms with Gasteiger partial charge < -0.3 is 19.7 Å².